The molecule has 0 fully saturated rings. The van der Waals surface area contributed by atoms with Crippen LogP contribution in [0.3, 0.4) is 0 Å². The average Bonchev–Trinajstić information content (AvgIpc) is 3.09. The van der Waals surface area contributed by atoms with Gasteiger partial charge in [0.25, 0.3) is 0 Å². The van der Waals surface area contributed by atoms with Crippen LogP contribution in [0.4, 0.5) is 0 Å². The zero-order valence-corrected chi connectivity index (χ0v) is 15.1. The summed E-state index contributed by atoms with van der Waals surface area (Å²) in [5.41, 5.74) is 0.934. The molecule has 0 aliphatic heterocycles. The Morgan fingerprint density at radius 2 is 2.08 bits per heavy atom. The highest BCUT2D eigenvalue weighted by Gasteiger charge is 2.20. The fraction of sp³-hybridized carbons (Fsp3) is 0.353. The molecule has 0 radical (unpaired) electrons. The second-order valence-electron chi connectivity index (χ2n) is 5.55. The number of rotatable bonds is 9. The van der Waals surface area contributed by atoms with E-state index in [4.69, 9.17) is 9.15 Å². The summed E-state index contributed by atoms with van der Waals surface area (Å²) < 4.78 is 35.3. The second kappa shape index (κ2) is 8.68. The van der Waals surface area contributed by atoms with Crippen LogP contribution < -0.4 is 10.1 Å². The monoisotopic (exact) mass is 366 g/mol. The van der Waals surface area contributed by atoms with Crippen LogP contribution in [0, 0.1) is 0 Å². The molecular weight excluding hydrogens is 344 g/mol. The van der Waals surface area contributed by atoms with Crippen LogP contribution in [-0.2, 0) is 27.8 Å². The summed E-state index contributed by atoms with van der Waals surface area (Å²) in [5.74, 6) is 0.933. The minimum absolute atomic E-state index is 0.209. The SMILES string of the molecule is COc1cccc(CCN(CC(=O)NCc2ccco2)S(C)(=O)=O)c1. The fourth-order valence-electron chi connectivity index (χ4n) is 2.26. The van der Waals surface area contributed by atoms with Gasteiger partial charge in [-0.05, 0) is 36.2 Å². The number of nitrogens with zero attached hydrogens (tertiary/aromatic N) is 1. The van der Waals surface area contributed by atoms with Gasteiger partial charge < -0.3 is 14.5 Å². The number of methoxy groups -OCH3 is 1. The predicted molar refractivity (Wildman–Crippen MR) is 93.7 cm³/mol. The number of carbonyl (C=O) groups excluding carboxylic acids is 1. The van der Waals surface area contributed by atoms with Crippen molar-refractivity contribution in [3.8, 4) is 5.75 Å². The normalized spacial score (nSPS) is 11.5. The molecule has 0 bridgehead atoms. The molecule has 1 aromatic heterocycles. The number of amides is 1. The molecule has 0 aliphatic rings. The second-order valence-corrected chi connectivity index (χ2v) is 7.54. The number of sulfonamides is 1. The van der Waals surface area contributed by atoms with Gasteiger partial charge in [0.2, 0.25) is 15.9 Å². The first-order chi connectivity index (χ1) is 11.9. The van der Waals surface area contributed by atoms with Crippen LogP contribution in [0.1, 0.15) is 11.3 Å². The van der Waals surface area contributed by atoms with Gasteiger partial charge in [-0.15, -0.1) is 0 Å². The largest absolute Gasteiger partial charge is 0.497 e. The Bertz CT molecular complexity index is 787. The molecule has 1 heterocycles. The summed E-state index contributed by atoms with van der Waals surface area (Å²) in [4.78, 5) is 12.0. The lowest BCUT2D eigenvalue weighted by Crippen LogP contribution is -2.41. The molecule has 2 aromatic rings. The maximum atomic E-state index is 12.0. The molecule has 7 nitrogen and oxygen atoms in total. The molecule has 1 aromatic carbocycles. The van der Waals surface area contributed by atoms with Crippen LogP contribution in [-0.4, -0.2) is 45.1 Å². The number of ether oxygens (including phenoxy) is 1. The molecule has 0 aliphatic carbocycles. The minimum Gasteiger partial charge on any atom is -0.497 e. The highest BCUT2D eigenvalue weighted by molar-refractivity contribution is 7.88. The van der Waals surface area contributed by atoms with Crippen LogP contribution in [0.15, 0.2) is 47.1 Å². The average molecular weight is 366 g/mol. The smallest absolute Gasteiger partial charge is 0.235 e. The molecule has 0 unspecified atom stereocenters. The van der Waals surface area contributed by atoms with Gasteiger partial charge in [-0.2, -0.15) is 4.31 Å². The summed E-state index contributed by atoms with van der Waals surface area (Å²) in [6.07, 6.45) is 3.09. The van der Waals surface area contributed by atoms with Gasteiger partial charge in [-0.1, -0.05) is 12.1 Å². The van der Waals surface area contributed by atoms with Gasteiger partial charge in [0.15, 0.2) is 0 Å². The Morgan fingerprint density at radius 1 is 1.28 bits per heavy atom. The Morgan fingerprint density at radius 3 is 2.72 bits per heavy atom. The number of carbonyl (C=O) groups is 1. The summed E-state index contributed by atoms with van der Waals surface area (Å²) in [7, 11) is -1.93. The van der Waals surface area contributed by atoms with Gasteiger partial charge in [0.05, 0.1) is 32.7 Å². The number of nitrogens with one attached hydrogen (secondary N) is 1. The minimum atomic E-state index is -3.50. The van der Waals surface area contributed by atoms with Crippen molar-refractivity contribution in [1.82, 2.24) is 9.62 Å². The van der Waals surface area contributed by atoms with E-state index < -0.39 is 10.0 Å². The molecule has 136 valence electrons. The van der Waals surface area contributed by atoms with Gasteiger partial charge in [-0.3, -0.25) is 4.79 Å². The van der Waals surface area contributed by atoms with Crippen molar-refractivity contribution in [2.75, 3.05) is 26.5 Å². The van der Waals surface area contributed by atoms with E-state index in [-0.39, 0.29) is 25.5 Å². The number of hydrogen-bond donors (Lipinski definition) is 1. The highest BCUT2D eigenvalue weighted by Crippen LogP contribution is 2.13. The van der Waals surface area contributed by atoms with E-state index in [1.165, 1.54) is 6.26 Å². The fourth-order valence-corrected chi connectivity index (χ4v) is 3.03. The third kappa shape index (κ3) is 6.24. The first kappa shape index (κ1) is 19.0. The first-order valence-corrected chi connectivity index (χ1v) is 9.60. The molecular formula is C17H22N2O5S. The zero-order chi connectivity index (χ0) is 18.3. The van der Waals surface area contributed by atoms with Crippen molar-refractivity contribution in [2.24, 2.45) is 0 Å². The molecule has 8 heteroatoms. The topological polar surface area (TPSA) is 88.8 Å². The van der Waals surface area contributed by atoms with Crippen LogP contribution >= 0.6 is 0 Å². The van der Waals surface area contributed by atoms with Crippen molar-refractivity contribution in [2.45, 2.75) is 13.0 Å². The lowest BCUT2D eigenvalue weighted by Gasteiger charge is -2.19. The first-order valence-electron chi connectivity index (χ1n) is 7.75. The lowest BCUT2D eigenvalue weighted by atomic mass is 10.1. The van der Waals surface area contributed by atoms with E-state index in [1.54, 1.807) is 19.2 Å². The molecule has 1 N–H and O–H groups in total. The third-order valence-electron chi connectivity index (χ3n) is 3.61. The van der Waals surface area contributed by atoms with Crippen molar-refractivity contribution < 1.29 is 22.4 Å². The maximum absolute atomic E-state index is 12.0. The molecule has 0 saturated heterocycles. The Hall–Kier alpha value is -2.32. The van der Waals surface area contributed by atoms with Crippen LogP contribution in [0.2, 0.25) is 0 Å². The molecule has 0 saturated carbocycles. The van der Waals surface area contributed by atoms with E-state index in [9.17, 15) is 13.2 Å². The standard InChI is InChI=1S/C17H22N2O5S/c1-23-15-6-3-5-14(11-15)8-9-19(25(2,21)22)13-17(20)18-12-16-7-4-10-24-16/h3-7,10-11H,8-9,12-13H2,1-2H3,(H,18,20). The van der Waals surface area contributed by atoms with E-state index in [2.05, 4.69) is 5.32 Å². The van der Waals surface area contributed by atoms with Crippen molar-refractivity contribution >= 4 is 15.9 Å². The van der Waals surface area contributed by atoms with Gasteiger partial charge in [-0.25, -0.2) is 8.42 Å². The van der Waals surface area contributed by atoms with E-state index >= 15 is 0 Å². The van der Waals surface area contributed by atoms with E-state index in [0.717, 1.165) is 16.1 Å². The number of hydrogen-bond acceptors (Lipinski definition) is 5. The Balaban J connectivity index is 1.92. The Kier molecular flexibility index (Phi) is 6.60. The van der Waals surface area contributed by atoms with E-state index in [1.807, 2.05) is 24.3 Å². The summed E-state index contributed by atoms with van der Waals surface area (Å²) in [5, 5.41) is 2.65. The van der Waals surface area contributed by atoms with E-state index in [0.29, 0.717) is 17.9 Å². The quantitative estimate of drug-likeness (QED) is 0.725. The molecule has 1 amide bonds. The van der Waals surface area contributed by atoms with Gasteiger partial charge >= 0.3 is 0 Å². The lowest BCUT2D eigenvalue weighted by molar-refractivity contribution is -0.121. The molecule has 2 rings (SSSR count). The predicted octanol–water partition coefficient (Wildman–Crippen LogP) is 1.41. The maximum Gasteiger partial charge on any atom is 0.235 e. The van der Waals surface area contributed by atoms with Crippen molar-refractivity contribution in [1.29, 1.82) is 0 Å². The molecule has 0 spiro atoms. The Labute approximate surface area is 147 Å². The van der Waals surface area contributed by atoms with Crippen LogP contribution in [0.25, 0.3) is 0 Å². The van der Waals surface area contributed by atoms with Gasteiger partial charge in [0, 0.05) is 6.54 Å². The highest BCUT2D eigenvalue weighted by atomic mass is 32.2. The van der Waals surface area contributed by atoms with Crippen molar-refractivity contribution in [3.05, 3.63) is 54.0 Å². The summed E-state index contributed by atoms with van der Waals surface area (Å²) in [6.45, 7) is 0.197. The van der Waals surface area contributed by atoms with Crippen LogP contribution in [0.5, 0.6) is 5.75 Å². The molecule has 0 atom stereocenters. The van der Waals surface area contributed by atoms with Crippen molar-refractivity contribution in [3.63, 3.8) is 0 Å². The number of furan rings is 1. The summed E-state index contributed by atoms with van der Waals surface area (Å²) in [6, 6.07) is 10.8. The zero-order valence-electron chi connectivity index (χ0n) is 14.3. The third-order valence-corrected chi connectivity index (χ3v) is 4.86. The number of benzene rings is 1. The summed E-state index contributed by atoms with van der Waals surface area (Å²) >= 11 is 0. The van der Waals surface area contributed by atoms with Gasteiger partial charge in [0.1, 0.15) is 11.5 Å². The molecule has 25 heavy (non-hydrogen) atoms.